The van der Waals surface area contributed by atoms with Gasteiger partial charge >= 0.3 is 0 Å². The van der Waals surface area contributed by atoms with Crippen molar-refractivity contribution in [2.24, 2.45) is 11.8 Å². The van der Waals surface area contributed by atoms with Crippen LogP contribution in [0, 0.1) is 11.8 Å². The molecule has 0 spiro atoms. The van der Waals surface area contributed by atoms with Crippen molar-refractivity contribution in [1.29, 1.82) is 0 Å². The zero-order chi connectivity index (χ0) is 10.1. The van der Waals surface area contributed by atoms with Crippen LogP contribution in [0.5, 0.6) is 0 Å². The van der Waals surface area contributed by atoms with E-state index in [-0.39, 0.29) is 0 Å². The molecule has 0 aromatic carbocycles. The Hall–Kier alpha value is -1.50. The minimum atomic E-state index is 0.809. The van der Waals surface area contributed by atoms with Crippen molar-refractivity contribution in [3.05, 3.63) is 60.0 Å². The molecule has 2 atom stereocenters. The molecule has 3 rings (SSSR count). The molecular weight excluding hydrogens is 182 g/mol. The molecule has 76 valence electrons. The third kappa shape index (κ3) is 1.96. The highest BCUT2D eigenvalue weighted by atomic mass is 14.9. The maximum atomic E-state index is 3.45. The number of rotatable bonds is 2. The first kappa shape index (κ1) is 8.78. The number of fused-ring (bicyclic) bond motifs is 1. The van der Waals surface area contributed by atoms with Crippen molar-refractivity contribution < 1.29 is 0 Å². The first-order valence-corrected chi connectivity index (χ1v) is 5.62. The summed E-state index contributed by atoms with van der Waals surface area (Å²) in [7, 11) is 0. The fraction of sp³-hybridized carbons (Fsp3) is 0.286. The Kier molecular flexibility index (Phi) is 2.09. The van der Waals surface area contributed by atoms with Gasteiger partial charge in [0.2, 0.25) is 0 Å². The van der Waals surface area contributed by atoms with Gasteiger partial charge in [0.05, 0.1) is 0 Å². The summed E-state index contributed by atoms with van der Waals surface area (Å²) < 4.78 is 0. The van der Waals surface area contributed by atoms with Crippen molar-refractivity contribution in [1.82, 2.24) is 5.32 Å². The molecule has 1 saturated carbocycles. The van der Waals surface area contributed by atoms with Crippen LogP contribution in [-0.2, 0) is 0 Å². The summed E-state index contributed by atoms with van der Waals surface area (Å²) in [6, 6.07) is 0. The fourth-order valence-corrected chi connectivity index (χ4v) is 2.07. The Bertz CT molecular complexity index is 407. The molecular formula is C14H15N. The minimum absolute atomic E-state index is 0.809. The molecule has 0 aromatic rings. The van der Waals surface area contributed by atoms with Crippen LogP contribution in [0.15, 0.2) is 60.0 Å². The summed E-state index contributed by atoms with van der Waals surface area (Å²) in [4.78, 5) is 0. The molecule has 0 aromatic heterocycles. The van der Waals surface area contributed by atoms with E-state index < -0.39 is 0 Å². The molecule has 2 unspecified atom stereocenters. The van der Waals surface area contributed by atoms with Crippen molar-refractivity contribution >= 4 is 0 Å². The van der Waals surface area contributed by atoms with E-state index in [2.05, 4.69) is 53.9 Å². The van der Waals surface area contributed by atoms with Gasteiger partial charge in [0, 0.05) is 11.4 Å². The van der Waals surface area contributed by atoms with E-state index in [4.69, 9.17) is 0 Å². The topological polar surface area (TPSA) is 12.0 Å². The molecule has 0 bridgehead atoms. The maximum Gasteiger partial charge on any atom is 0.0380 e. The fourth-order valence-electron chi connectivity index (χ4n) is 2.07. The predicted molar refractivity (Wildman–Crippen MR) is 62.9 cm³/mol. The van der Waals surface area contributed by atoms with Gasteiger partial charge in [0.25, 0.3) is 0 Å². The van der Waals surface area contributed by atoms with Gasteiger partial charge in [0.15, 0.2) is 0 Å². The summed E-state index contributed by atoms with van der Waals surface area (Å²) in [5, 5.41) is 3.45. The molecule has 0 heterocycles. The van der Waals surface area contributed by atoms with Crippen LogP contribution in [0.3, 0.4) is 0 Å². The summed E-state index contributed by atoms with van der Waals surface area (Å²) in [5.41, 5.74) is 2.43. The van der Waals surface area contributed by atoms with Gasteiger partial charge in [-0.15, -0.1) is 0 Å². The molecule has 15 heavy (non-hydrogen) atoms. The Morgan fingerprint density at radius 3 is 3.00 bits per heavy atom. The van der Waals surface area contributed by atoms with Crippen molar-refractivity contribution in [3.8, 4) is 0 Å². The largest absolute Gasteiger partial charge is 0.356 e. The zero-order valence-corrected chi connectivity index (χ0v) is 8.69. The lowest BCUT2D eigenvalue weighted by molar-refractivity contribution is 0.917. The number of allylic oxidation sites excluding steroid dienone is 8. The molecule has 3 aliphatic carbocycles. The molecule has 1 fully saturated rings. The quantitative estimate of drug-likeness (QED) is 0.717. The van der Waals surface area contributed by atoms with E-state index in [1.807, 2.05) is 0 Å². The molecule has 0 amide bonds. The van der Waals surface area contributed by atoms with Crippen molar-refractivity contribution in [2.75, 3.05) is 0 Å². The van der Waals surface area contributed by atoms with E-state index in [1.165, 1.54) is 17.8 Å². The first-order valence-electron chi connectivity index (χ1n) is 5.62. The van der Waals surface area contributed by atoms with Gasteiger partial charge in [-0.05, 0) is 42.9 Å². The predicted octanol–water partition coefficient (Wildman–Crippen LogP) is 3.07. The summed E-state index contributed by atoms with van der Waals surface area (Å²) in [6.45, 7) is 0. The lowest BCUT2D eigenvalue weighted by Gasteiger charge is -2.10. The monoisotopic (exact) mass is 197 g/mol. The SMILES string of the molecule is C1=CCC=CC(NC2=CC3CC3C=C2)=C1. The van der Waals surface area contributed by atoms with E-state index in [1.54, 1.807) is 0 Å². The summed E-state index contributed by atoms with van der Waals surface area (Å²) in [6.07, 6.45) is 20.0. The average Bonchev–Trinajstić information content (AvgIpc) is 3.00. The smallest absolute Gasteiger partial charge is 0.0380 e. The Balaban J connectivity index is 1.72. The summed E-state index contributed by atoms with van der Waals surface area (Å²) >= 11 is 0. The van der Waals surface area contributed by atoms with Gasteiger partial charge in [-0.1, -0.05) is 30.4 Å². The van der Waals surface area contributed by atoms with Crippen LogP contribution in [0.1, 0.15) is 12.8 Å². The van der Waals surface area contributed by atoms with Crippen molar-refractivity contribution in [3.63, 3.8) is 0 Å². The lowest BCUT2D eigenvalue weighted by atomic mass is 10.1. The zero-order valence-electron chi connectivity index (χ0n) is 8.69. The number of nitrogens with one attached hydrogen (secondary N) is 1. The Labute approximate surface area is 90.6 Å². The second-order valence-electron chi connectivity index (χ2n) is 4.36. The van der Waals surface area contributed by atoms with E-state index in [0.717, 1.165) is 18.3 Å². The molecule has 0 saturated heterocycles. The summed E-state index contributed by atoms with van der Waals surface area (Å²) in [5.74, 6) is 1.65. The van der Waals surface area contributed by atoms with Crippen LogP contribution >= 0.6 is 0 Å². The Morgan fingerprint density at radius 1 is 1.07 bits per heavy atom. The van der Waals surface area contributed by atoms with E-state index >= 15 is 0 Å². The second kappa shape index (κ2) is 3.58. The number of hydrogen-bond acceptors (Lipinski definition) is 1. The Morgan fingerprint density at radius 2 is 2.07 bits per heavy atom. The second-order valence-corrected chi connectivity index (χ2v) is 4.36. The third-order valence-electron chi connectivity index (χ3n) is 3.08. The third-order valence-corrected chi connectivity index (χ3v) is 3.08. The lowest BCUT2D eigenvalue weighted by Crippen LogP contribution is -2.11. The maximum absolute atomic E-state index is 3.45. The van der Waals surface area contributed by atoms with E-state index in [9.17, 15) is 0 Å². The average molecular weight is 197 g/mol. The molecule has 0 aliphatic heterocycles. The molecule has 0 radical (unpaired) electrons. The van der Waals surface area contributed by atoms with Crippen LogP contribution in [0.25, 0.3) is 0 Å². The van der Waals surface area contributed by atoms with Crippen molar-refractivity contribution in [2.45, 2.75) is 12.8 Å². The highest BCUT2D eigenvalue weighted by Gasteiger charge is 2.34. The van der Waals surface area contributed by atoms with E-state index in [0.29, 0.717) is 0 Å². The van der Waals surface area contributed by atoms with Crippen LogP contribution < -0.4 is 5.32 Å². The van der Waals surface area contributed by atoms with Crippen LogP contribution in [-0.4, -0.2) is 0 Å². The normalized spacial score (nSPS) is 31.5. The first-order chi connectivity index (χ1) is 7.42. The number of hydrogen-bond donors (Lipinski definition) is 1. The highest BCUT2D eigenvalue weighted by molar-refractivity contribution is 5.36. The highest BCUT2D eigenvalue weighted by Crippen LogP contribution is 2.43. The molecule has 1 heteroatoms. The van der Waals surface area contributed by atoms with Gasteiger partial charge < -0.3 is 5.32 Å². The van der Waals surface area contributed by atoms with Gasteiger partial charge in [-0.25, -0.2) is 0 Å². The minimum Gasteiger partial charge on any atom is -0.356 e. The molecule has 1 N–H and O–H groups in total. The van der Waals surface area contributed by atoms with Gasteiger partial charge in [-0.3, -0.25) is 0 Å². The van der Waals surface area contributed by atoms with Crippen LogP contribution in [0.4, 0.5) is 0 Å². The standard InChI is InChI=1S/C14H15N/c1-2-4-6-13(5-3-1)15-14-8-7-11-9-12(11)10-14/h1,3-8,10-12,15H,2,9H2. The molecule has 1 nitrogen and oxygen atoms in total. The van der Waals surface area contributed by atoms with Gasteiger partial charge in [-0.2, -0.15) is 0 Å². The van der Waals surface area contributed by atoms with Gasteiger partial charge in [0.1, 0.15) is 0 Å². The van der Waals surface area contributed by atoms with Crippen LogP contribution in [0.2, 0.25) is 0 Å². The molecule has 3 aliphatic rings.